The molecule has 1 saturated heterocycles. The summed E-state index contributed by atoms with van der Waals surface area (Å²) >= 11 is 0. The third-order valence-corrected chi connectivity index (χ3v) is 2.46. The lowest BCUT2D eigenvalue weighted by Gasteiger charge is -2.12. The molecule has 0 aromatic heterocycles. The van der Waals surface area contributed by atoms with E-state index in [1.807, 2.05) is 36.4 Å². The van der Waals surface area contributed by atoms with Gasteiger partial charge < -0.3 is 14.6 Å². The fraction of sp³-hybridized carbons (Fsp3) is 0.385. The predicted octanol–water partition coefficient (Wildman–Crippen LogP) is 2.13. The highest BCUT2D eigenvalue weighted by Gasteiger charge is 2.19. The molecule has 1 N–H and O–H groups in total. The van der Waals surface area contributed by atoms with Gasteiger partial charge in [0.2, 0.25) is 0 Å². The number of benzene rings is 1. The van der Waals surface area contributed by atoms with Crippen LogP contribution in [0.1, 0.15) is 23.8 Å². The highest BCUT2D eigenvalue weighted by molar-refractivity contribution is 5.54. The Bertz CT molecular complexity index is 354. The van der Waals surface area contributed by atoms with Gasteiger partial charge in [0.25, 0.3) is 0 Å². The van der Waals surface area contributed by atoms with Crippen molar-refractivity contribution in [3.05, 3.63) is 41.5 Å². The molecule has 1 aromatic rings. The van der Waals surface area contributed by atoms with Crippen molar-refractivity contribution in [1.29, 1.82) is 0 Å². The molecule has 0 spiro atoms. The first-order chi connectivity index (χ1) is 7.92. The Morgan fingerprint density at radius 3 is 2.75 bits per heavy atom. The Labute approximate surface area is 95.3 Å². The molecule has 0 aliphatic carbocycles. The topological polar surface area (TPSA) is 38.7 Å². The third-order valence-electron chi connectivity index (χ3n) is 2.46. The van der Waals surface area contributed by atoms with Crippen molar-refractivity contribution in [3.63, 3.8) is 0 Å². The molecule has 0 atom stereocenters. The fourth-order valence-corrected chi connectivity index (χ4v) is 1.70. The van der Waals surface area contributed by atoms with Gasteiger partial charge in [-0.25, -0.2) is 0 Å². The standard InChI is InChI=1S/C13H16O3/c14-8-4-3-6-11-5-1-2-7-12(11)13-15-9-10-16-13/h1-3,5-7,13-14H,4,8-10H2. The zero-order valence-electron chi connectivity index (χ0n) is 9.13. The van der Waals surface area contributed by atoms with Crippen molar-refractivity contribution in [2.75, 3.05) is 19.8 Å². The van der Waals surface area contributed by atoms with Crippen LogP contribution in [0, 0.1) is 0 Å². The molecular formula is C13H16O3. The number of aliphatic hydroxyl groups is 1. The van der Waals surface area contributed by atoms with Crippen LogP contribution in [-0.2, 0) is 9.47 Å². The predicted molar refractivity (Wildman–Crippen MR) is 61.8 cm³/mol. The molecule has 0 amide bonds. The van der Waals surface area contributed by atoms with Gasteiger partial charge in [-0.05, 0) is 12.0 Å². The molecule has 3 heteroatoms. The van der Waals surface area contributed by atoms with Gasteiger partial charge in [-0.15, -0.1) is 0 Å². The van der Waals surface area contributed by atoms with Crippen LogP contribution in [0.15, 0.2) is 30.3 Å². The third kappa shape index (κ3) is 2.70. The van der Waals surface area contributed by atoms with Crippen LogP contribution >= 0.6 is 0 Å². The van der Waals surface area contributed by atoms with E-state index in [9.17, 15) is 0 Å². The molecule has 2 rings (SSSR count). The molecule has 0 radical (unpaired) electrons. The van der Waals surface area contributed by atoms with E-state index < -0.39 is 0 Å². The summed E-state index contributed by atoms with van der Waals surface area (Å²) in [5, 5.41) is 8.72. The summed E-state index contributed by atoms with van der Waals surface area (Å²) in [4.78, 5) is 0. The first-order valence-electron chi connectivity index (χ1n) is 5.51. The van der Waals surface area contributed by atoms with Crippen molar-refractivity contribution >= 4 is 6.08 Å². The average molecular weight is 220 g/mol. The van der Waals surface area contributed by atoms with Crippen LogP contribution in [0.5, 0.6) is 0 Å². The second-order valence-electron chi connectivity index (χ2n) is 3.62. The molecule has 1 heterocycles. The second-order valence-corrected chi connectivity index (χ2v) is 3.62. The normalized spacial score (nSPS) is 17.3. The smallest absolute Gasteiger partial charge is 0.184 e. The largest absolute Gasteiger partial charge is 0.396 e. The van der Waals surface area contributed by atoms with Crippen LogP contribution in [0.25, 0.3) is 6.08 Å². The average Bonchev–Trinajstić information content (AvgIpc) is 2.83. The Hall–Kier alpha value is -1.16. The minimum Gasteiger partial charge on any atom is -0.396 e. The minimum atomic E-state index is -0.241. The summed E-state index contributed by atoms with van der Waals surface area (Å²) in [6, 6.07) is 7.99. The molecule has 0 unspecified atom stereocenters. The molecule has 1 aromatic carbocycles. The quantitative estimate of drug-likeness (QED) is 0.844. The van der Waals surface area contributed by atoms with Crippen LogP contribution in [0.4, 0.5) is 0 Å². The van der Waals surface area contributed by atoms with E-state index in [0.29, 0.717) is 19.6 Å². The van der Waals surface area contributed by atoms with Crippen molar-refractivity contribution in [2.45, 2.75) is 12.7 Å². The molecule has 0 bridgehead atoms. The molecule has 3 nitrogen and oxygen atoms in total. The molecule has 86 valence electrons. The first kappa shape index (κ1) is 11.3. The number of ether oxygens (including phenoxy) is 2. The zero-order valence-corrected chi connectivity index (χ0v) is 9.13. The first-order valence-corrected chi connectivity index (χ1v) is 5.51. The van der Waals surface area contributed by atoms with Gasteiger partial charge in [-0.1, -0.05) is 36.4 Å². The summed E-state index contributed by atoms with van der Waals surface area (Å²) in [7, 11) is 0. The van der Waals surface area contributed by atoms with Gasteiger partial charge in [0, 0.05) is 12.2 Å². The van der Waals surface area contributed by atoms with Gasteiger partial charge >= 0.3 is 0 Å². The lowest BCUT2D eigenvalue weighted by atomic mass is 10.1. The Balaban J connectivity index is 2.16. The van der Waals surface area contributed by atoms with Gasteiger partial charge in [0.1, 0.15) is 0 Å². The van der Waals surface area contributed by atoms with E-state index >= 15 is 0 Å². The molecule has 1 aliphatic rings. The number of aliphatic hydroxyl groups excluding tert-OH is 1. The Kier molecular flexibility index (Phi) is 4.10. The van der Waals surface area contributed by atoms with Gasteiger partial charge in [0.15, 0.2) is 6.29 Å². The lowest BCUT2D eigenvalue weighted by Crippen LogP contribution is -2.00. The van der Waals surface area contributed by atoms with Crippen molar-refractivity contribution < 1.29 is 14.6 Å². The van der Waals surface area contributed by atoms with Gasteiger partial charge in [-0.2, -0.15) is 0 Å². The molecule has 1 fully saturated rings. The maximum atomic E-state index is 8.72. The van der Waals surface area contributed by atoms with Crippen LogP contribution in [-0.4, -0.2) is 24.9 Å². The number of hydrogen-bond acceptors (Lipinski definition) is 3. The maximum absolute atomic E-state index is 8.72. The van der Waals surface area contributed by atoms with E-state index in [4.69, 9.17) is 14.6 Å². The summed E-state index contributed by atoms with van der Waals surface area (Å²) in [5.41, 5.74) is 2.14. The van der Waals surface area contributed by atoms with E-state index in [1.54, 1.807) is 0 Å². The Morgan fingerprint density at radius 2 is 2.00 bits per heavy atom. The van der Waals surface area contributed by atoms with E-state index in [1.165, 1.54) is 0 Å². The molecule has 0 saturated carbocycles. The number of rotatable bonds is 4. The van der Waals surface area contributed by atoms with Crippen molar-refractivity contribution in [1.82, 2.24) is 0 Å². The summed E-state index contributed by atoms with van der Waals surface area (Å²) in [6.45, 7) is 1.48. The SMILES string of the molecule is OCCC=Cc1ccccc1C1OCCO1. The van der Waals surface area contributed by atoms with Crippen LogP contribution < -0.4 is 0 Å². The van der Waals surface area contributed by atoms with Crippen molar-refractivity contribution in [3.8, 4) is 0 Å². The van der Waals surface area contributed by atoms with E-state index in [-0.39, 0.29) is 12.9 Å². The van der Waals surface area contributed by atoms with Crippen molar-refractivity contribution in [2.24, 2.45) is 0 Å². The number of hydrogen-bond donors (Lipinski definition) is 1. The second kappa shape index (κ2) is 5.80. The lowest BCUT2D eigenvalue weighted by molar-refractivity contribution is -0.0442. The molecular weight excluding hydrogens is 204 g/mol. The van der Waals surface area contributed by atoms with Crippen LogP contribution in [0.2, 0.25) is 0 Å². The van der Waals surface area contributed by atoms with Crippen LogP contribution in [0.3, 0.4) is 0 Å². The Morgan fingerprint density at radius 1 is 1.25 bits per heavy atom. The van der Waals surface area contributed by atoms with E-state index in [0.717, 1.165) is 11.1 Å². The van der Waals surface area contributed by atoms with Gasteiger partial charge in [0.05, 0.1) is 13.2 Å². The highest BCUT2D eigenvalue weighted by atomic mass is 16.7. The highest BCUT2D eigenvalue weighted by Crippen LogP contribution is 2.26. The molecule has 1 aliphatic heterocycles. The fourth-order valence-electron chi connectivity index (χ4n) is 1.70. The zero-order chi connectivity index (χ0) is 11.2. The van der Waals surface area contributed by atoms with E-state index in [2.05, 4.69) is 0 Å². The summed E-state index contributed by atoms with van der Waals surface area (Å²) in [5.74, 6) is 0. The van der Waals surface area contributed by atoms with Gasteiger partial charge in [-0.3, -0.25) is 0 Å². The minimum absolute atomic E-state index is 0.176. The molecule has 16 heavy (non-hydrogen) atoms. The monoisotopic (exact) mass is 220 g/mol. The summed E-state index contributed by atoms with van der Waals surface area (Å²) in [6.07, 6.45) is 4.38. The maximum Gasteiger partial charge on any atom is 0.184 e. The summed E-state index contributed by atoms with van der Waals surface area (Å²) < 4.78 is 11.0.